The fraction of sp³-hybridized carbons (Fsp3) is 0.292. The second-order valence-electron chi connectivity index (χ2n) is 7.40. The van der Waals surface area contributed by atoms with Gasteiger partial charge in [-0.1, -0.05) is 24.3 Å². The Kier molecular flexibility index (Phi) is 6.94. The van der Waals surface area contributed by atoms with Crippen LogP contribution in [0, 0.1) is 0 Å². The molecule has 162 valence electrons. The van der Waals surface area contributed by atoms with E-state index in [2.05, 4.69) is 33.0 Å². The van der Waals surface area contributed by atoms with Crippen molar-refractivity contribution in [2.45, 2.75) is 13.2 Å². The molecule has 31 heavy (non-hydrogen) atoms. The van der Waals surface area contributed by atoms with Crippen LogP contribution in [0.15, 0.2) is 69.6 Å². The number of ether oxygens (including phenoxy) is 2. The normalized spacial score (nSPS) is 14.5. The lowest BCUT2D eigenvalue weighted by molar-refractivity contribution is 0.0594. The van der Waals surface area contributed by atoms with Crippen LogP contribution in [0.2, 0.25) is 0 Å². The number of hydrogen-bond acceptors (Lipinski definition) is 5. The predicted octanol–water partition coefficient (Wildman–Crippen LogP) is 4.59. The van der Waals surface area contributed by atoms with Crippen LogP contribution < -0.4 is 9.47 Å². The molecule has 2 aromatic carbocycles. The fourth-order valence-electron chi connectivity index (χ4n) is 3.58. The number of piperazine rings is 1. The van der Waals surface area contributed by atoms with Crippen LogP contribution in [-0.4, -0.2) is 49.0 Å². The van der Waals surface area contributed by atoms with Crippen molar-refractivity contribution in [1.29, 1.82) is 0 Å². The topological polar surface area (TPSA) is 55.2 Å². The summed E-state index contributed by atoms with van der Waals surface area (Å²) in [5, 5.41) is 0. The number of amides is 1. The van der Waals surface area contributed by atoms with Gasteiger partial charge in [0.15, 0.2) is 5.76 Å². The first-order valence-electron chi connectivity index (χ1n) is 10.2. The van der Waals surface area contributed by atoms with Gasteiger partial charge >= 0.3 is 0 Å². The Bertz CT molecular complexity index is 1030. The molecule has 0 spiro atoms. The van der Waals surface area contributed by atoms with Gasteiger partial charge in [0.05, 0.1) is 11.6 Å². The van der Waals surface area contributed by atoms with Crippen molar-refractivity contribution < 1.29 is 18.7 Å². The first-order valence-corrected chi connectivity index (χ1v) is 11.0. The average molecular weight is 485 g/mol. The summed E-state index contributed by atoms with van der Waals surface area (Å²) in [6, 6.07) is 19.3. The van der Waals surface area contributed by atoms with Crippen LogP contribution in [0.5, 0.6) is 11.5 Å². The van der Waals surface area contributed by atoms with Gasteiger partial charge in [0.25, 0.3) is 5.91 Å². The molecule has 0 bridgehead atoms. The van der Waals surface area contributed by atoms with Crippen molar-refractivity contribution in [3.05, 3.63) is 82.2 Å². The summed E-state index contributed by atoms with van der Waals surface area (Å²) >= 11 is 3.46. The van der Waals surface area contributed by atoms with E-state index in [9.17, 15) is 4.79 Å². The molecule has 2 heterocycles. The van der Waals surface area contributed by atoms with Gasteiger partial charge in [-0.05, 0) is 57.9 Å². The van der Waals surface area contributed by atoms with Crippen molar-refractivity contribution in [2.75, 3.05) is 33.3 Å². The number of para-hydroxylation sites is 1. The molecule has 4 rings (SSSR count). The third-order valence-corrected chi connectivity index (χ3v) is 5.93. The van der Waals surface area contributed by atoms with Crippen LogP contribution in [-0.2, 0) is 13.2 Å². The maximum absolute atomic E-state index is 12.8. The van der Waals surface area contributed by atoms with Gasteiger partial charge in [0.1, 0.15) is 23.9 Å². The van der Waals surface area contributed by atoms with E-state index in [1.54, 1.807) is 19.2 Å². The largest absolute Gasteiger partial charge is 0.497 e. The average Bonchev–Trinajstić information content (AvgIpc) is 3.28. The first kappa shape index (κ1) is 21.5. The second-order valence-corrected chi connectivity index (χ2v) is 8.26. The zero-order chi connectivity index (χ0) is 21.6. The molecule has 1 aliphatic rings. The molecule has 7 heteroatoms. The van der Waals surface area contributed by atoms with E-state index in [1.165, 1.54) is 5.56 Å². The molecule has 6 nitrogen and oxygen atoms in total. The number of methoxy groups -OCH3 is 1. The van der Waals surface area contributed by atoms with Crippen molar-refractivity contribution in [3.63, 3.8) is 0 Å². The number of hydrogen-bond donors (Lipinski definition) is 0. The number of benzene rings is 2. The zero-order valence-electron chi connectivity index (χ0n) is 17.4. The summed E-state index contributed by atoms with van der Waals surface area (Å²) in [6.45, 7) is 4.10. The molecule has 3 aromatic rings. The summed E-state index contributed by atoms with van der Waals surface area (Å²) < 4.78 is 17.7. The minimum Gasteiger partial charge on any atom is -0.497 e. The zero-order valence-corrected chi connectivity index (χ0v) is 19.0. The van der Waals surface area contributed by atoms with E-state index >= 15 is 0 Å². The molecular weight excluding hydrogens is 460 g/mol. The molecule has 0 N–H and O–H groups in total. The lowest BCUT2D eigenvalue weighted by Crippen LogP contribution is -2.48. The molecule has 0 radical (unpaired) electrons. The highest BCUT2D eigenvalue weighted by Gasteiger charge is 2.24. The maximum atomic E-state index is 12.8. The smallest absolute Gasteiger partial charge is 0.289 e. The molecule has 0 atom stereocenters. The summed E-state index contributed by atoms with van der Waals surface area (Å²) in [4.78, 5) is 17.0. The van der Waals surface area contributed by atoms with Crippen LogP contribution in [0.3, 0.4) is 0 Å². The first-order chi connectivity index (χ1) is 15.1. The molecule has 1 aromatic heterocycles. The number of carbonyl (C=O) groups excluding carboxylic acids is 1. The second kappa shape index (κ2) is 10.0. The van der Waals surface area contributed by atoms with E-state index in [0.29, 0.717) is 24.6 Å². The van der Waals surface area contributed by atoms with Crippen molar-refractivity contribution in [2.24, 2.45) is 0 Å². The molecular formula is C24H25BrN2O4. The number of furan rings is 1. The Balaban J connectivity index is 1.28. The van der Waals surface area contributed by atoms with Gasteiger partial charge in [-0.3, -0.25) is 9.69 Å². The molecule has 1 aliphatic heterocycles. The molecule has 1 amide bonds. The van der Waals surface area contributed by atoms with Crippen LogP contribution in [0.1, 0.15) is 21.9 Å². The SMILES string of the molecule is COc1cccc(CN2CCN(C(=O)c3ccc(COc4ccccc4Br)o3)CC2)c1. The summed E-state index contributed by atoms with van der Waals surface area (Å²) in [5.74, 6) is 2.50. The minimum atomic E-state index is -0.0758. The maximum Gasteiger partial charge on any atom is 0.289 e. The minimum absolute atomic E-state index is 0.0758. The van der Waals surface area contributed by atoms with Crippen molar-refractivity contribution >= 4 is 21.8 Å². The Labute approximate surface area is 190 Å². The van der Waals surface area contributed by atoms with Crippen LogP contribution in [0.4, 0.5) is 0 Å². The van der Waals surface area contributed by atoms with Gasteiger partial charge in [0, 0.05) is 32.7 Å². The highest BCUT2D eigenvalue weighted by atomic mass is 79.9. The Morgan fingerprint density at radius 2 is 1.84 bits per heavy atom. The fourth-order valence-corrected chi connectivity index (χ4v) is 3.97. The number of halogens is 1. The van der Waals surface area contributed by atoms with Gasteiger partial charge in [0.2, 0.25) is 0 Å². The van der Waals surface area contributed by atoms with E-state index < -0.39 is 0 Å². The Hall–Kier alpha value is -2.77. The number of carbonyl (C=O) groups is 1. The van der Waals surface area contributed by atoms with Crippen LogP contribution >= 0.6 is 15.9 Å². The molecule has 1 saturated heterocycles. The standard InChI is InChI=1S/C24H25BrN2O4/c1-29-19-6-4-5-18(15-19)16-26-11-13-27(14-12-26)24(28)23-10-9-20(31-23)17-30-22-8-3-2-7-21(22)25/h2-10,15H,11-14,16-17H2,1H3. The third-order valence-electron chi connectivity index (χ3n) is 5.28. The lowest BCUT2D eigenvalue weighted by atomic mass is 10.2. The molecule has 0 saturated carbocycles. The molecule has 1 fully saturated rings. The highest BCUT2D eigenvalue weighted by Crippen LogP contribution is 2.25. The van der Waals surface area contributed by atoms with E-state index in [1.807, 2.05) is 41.3 Å². The van der Waals surface area contributed by atoms with Crippen molar-refractivity contribution in [3.8, 4) is 11.5 Å². The Morgan fingerprint density at radius 1 is 1.03 bits per heavy atom. The molecule has 0 aliphatic carbocycles. The summed E-state index contributed by atoms with van der Waals surface area (Å²) in [6.07, 6.45) is 0. The molecule has 0 unspecified atom stereocenters. The summed E-state index contributed by atoms with van der Waals surface area (Å²) in [7, 11) is 1.68. The van der Waals surface area contributed by atoms with Crippen LogP contribution in [0.25, 0.3) is 0 Å². The van der Waals surface area contributed by atoms with Crippen molar-refractivity contribution in [1.82, 2.24) is 9.80 Å². The monoisotopic (exact) mass is 484 g/mol. The Morgan fingerprint density at radius 3 is 2.61 bits per heavy atom. The van der Waals surface area contributed by atoms with E-state index in [0.717, 1.165) is 35.6 Å². The van der Waals surface area contributed by atoms with Gasteiger partial charge < -0.3 is 18.8 Å². The number of rotatable bonds is 7. The summed E-state index contributed by atoms with van der Waals surface area (Å²) in [5.41, 5.74) is 1.21. The van der Waals surface area contributed by atoms with E-state index in [4.69, 9.17) is 13.9 Å². The van der Waals surface area contributed by atoms with E-state index in [-0.39, 0.29) is 12.5 Å². The predicted molar refractivity (Wildman–Crippen MR) is 121 cm³/mol. The van der Waals surface area contributed by atoms with Gasteiger partial charge in [-0.25, -0.2) is 0 Å². The third kappa shape index (κ3) is 5.48. The van der Waals surface area contributed by atoms with Gasteiger partial charge in [-0.15, -0.1) is 0 Å². The number of nitrogens with zero attached hydrogens (tertiary/aromatic N) is 2. The lowest BCUT2D eigenvalue weighted by Gasteiger charge is -2.34. The van der Waals surface area contributed by atoms with Gasteiger partial charge in [-0.2, -0.15) is 0 Å². The quantitative estimate of drug-likeness (QED) is 0.490. The highest BCUT2D eigenvalue weighted by molar-refractivity contribution is 9.10.